The first kappa shape index (κ1) is 19.6. The van der Waals surface area contributed by atoms with Gasteiger partial charge in [-0.25, -0.2) is 4.39 Å². The van der Waals surface area contributed by atoms with Gasteiger partial charge in [0.2, 0.25) is 11.6 Å². The summed E-state index contributed by atoms with van der Waals surface area (Å²) in [6.07, 6.45) is 0. The number of rotatable bonds is 7. The van der Waals surface area contributed by atoms with E-state index in [1.807, 2.05) is 6.07 Å². The molecule has 1 N–H and O–H groups in total. The Labute approximate surface area is 176 Å². The Bertz CT molecular complexity index is 1180. The Morgan fingerprint density at radius 3 is 2.53 bits per heavy atom. The van der Waals surface area contributed by atoms with Crippen molar-refractivity contribution in [2.75, 3.05) is 5.32 Å². The van der Waals surface area contributed by atoms with Crippen molar-refractivity contribution in [3.05, 3.63) is 88.5 Å². The van der Waals surface area contributed by atoms with E-state index in [4.69, 9.17) is 25.2 Å². The van der Waals surface area contributed by atoms with Crippen LogP contribution in [0.15, 0.2) is 69.5 Å². The molecule has 4 rings (SSSR count). The van der Waals surface area contributed by atoms with Crippen LogP contribution in [-0.4, -0.2) is 4.98 Å². The Balaban J connectivity index is 1.43. The molecule has 8 heteroatoms. The van der Waals surface area contributed by atoms with Gasteiger partial charge < -0.3 is 18.9 Å². The summed E-state index contributed by atoms with van der Waals surface area (Å²) in [7, 11) is 0. The van der Waals surface area contributed by atoms with Crippen LogP contribution in [0.5, 0.6) is 5.75 Å². The zero-order valence-corrected chi connectivity index (χ0v) is 16.3. The number of anilines is 1. The molecular weight excluding hydrogens is 409 g/mol. The van der Waals surface area contributed by atoms with Crippen molar-refractivity contribution >= 4 is 17.5 Å². The number of nitrogens with zero attached hydrogens (tertiary/aromatic N) is 2. The van der Waals surface area contributed by atoms with Crippen molar-refractivity contribution in [2.24, 2.45) is 0 Å². The van der Waals surface area contributed by atoms with E-state index < -0.39 is 0 Å². The van der Waals surface area contributed by atoms with Crippen molar-refractivity contribution in [1.82, 2.24) is 4.98 Å². The Morgan fingerprint density at radius 1 is 1.03 bits per heavy atom. The maximum absolute atomic E-state index is 13.0. The molecule has 150 valence electrons. The first-order valence-corrected chi connectivity index (χ1v) is 9.35. The smallest absolute Gasteiger partial charge is 0.266 e. The summed E-state index contributed by atoms with van der Waals surface area (Å²) in [4.78, 5) is 4.17. The number of aromatic nitrogens is 1. The maximum atomic E-state index is 13.0. The fourth-order valence-corrected chi connectivity index (χ4v) is 2.79. The monoisotopic (exact) mass is 423 g/mol. The second-order valence-electron chi connectivity index (χ2n) is 6.30. The van der Waals surface area contributed by atoms with Gasteiger partial charge in [-0.2, -0.15) is 10.2 Å². The van der Waals surface area contributed by atoms with E-state index in [2.05, 4.69) is 10.3 Å². The lowest BCUT2D eigenvalue weighted by molar-refractivity contribution is 0.271. The zero-order chi connectivity index (χ0) is 20.9. The molecule has 2 heterocycles. The molecule has 2 aromatic heterocycles. The normalized spacial score (nSPS) is 10.6. The quantitative estimate of drug-likeness (QED) is 0.405. The van der Waals surface area contributed by atoms with Gasteiger partial charge >= 0.3 is 0 Å². The minimum atomic E-state index is -0.313. The van der Waals surface area contributed by atoms with Crippen molar-refractivity contribution in [3.63, 3.8) is 0 Å². The molecule has 0 aliphatic heterocycles. The number of furan rings is 1. The number of nitriles is 1. The molecule has 0 aliphatic rings. The predicted octanol–water partition coefficient (Wildman–Crippen LogP) is 5.79. The topological polar surface area (TPSA) is 84.2 Å². The minimum absolute atomic E-state index is 0.0995. The Morgan fingerprint density at radius 2 is 1.80 bits per heavy atom. The average Bonchev–Trinajstić information content (AvgIpc) is 3.40. The average molecular weight is 424 g/mol. The summed E-state index contributed by atoms with van der Waals surface area (Å²) in [6, 6.07) is 18.4. The highest BCUT2D eigenvalue weighted by Crippen LogP contribution is 2.28. The number of hydrogen-bond donors (Lipinski definition) is 1. The van der Waals surface area contributed by atoms with Crippen molar-refractivity contribution < 1.29 is 18.0 Å². The molecular formula is C22H15ClFN3O3. The fourth-order valence-electron chi connectivity index (χ4n) is 2.66. The molecule has 4 aromatic rings. The minimum Gasteiger partial charge on any atom is -0.486 e. The molecule has 30 heavy (non-hydrogen) atoms. The van der Waals surface area contributed by atoms with E-state index in [0.29, 0.717) is 28.8 Å². The fraction of sp³-hybridized carbons (Fsp3) is 0.0909. The van der Waals surface area contributed by atoms with E-state index in [1.54, 1.807) is 48.5 Å². The van der Waals surface area contributed by atoms with Gasteiger partial charge in [-0.1, -0.05) is 23.7 Å². The number of oxazole rings is 1. The number of hydrogen-bond acceptors (Lipinski definition) is 6. The molecule has 0 fully saturated rings. The van der Waals surface area contributed by atoms with E-state index in [-0.39, 0.29) is 29.9 Å². The van der Waals surface area contributed by atoms with Gasteiger partial charge in [0, 0.05) is 11.6 Å². The van der Waals surface area contributed by atoms with Gasteiger partial charge in [-0.05, 0) is 54.1 Å². The predicted molar refractivity (Wildman–Crippen MR) is 108 cm³/mol. The van der Waals surface area contributed by atoms with Gasteiger partial charge in [0.25, 0.3) is 5.89 Å². The van der Waals surface area contributed by atoms with Gasteiger partial charge in [-0.15, -0.1) is 0 Å². The first-order chi connectivity index (χ1) is 14.6. The summed E-state index contributed by atoms with van der Waals surface area (Å²) in [5, 5.41) is 13.0. The lowest BCUT2D eigenvalue weighted by Gasteiger charge is -2.03. The van der Waals surface area contributed by atoms with Gasteiger partial charge in [0.1, 0.15) is 30.0 Å². The van der Waals surface area contributed by atoms with E-state index >= 15 is 0 Å². The largest absolute Gasteiger partial charge is 0.486 e. The molecule has 0 bridgehead atoms. The lowest BCUT2D eigenvalue weighted by Crippen LogP contribution is -1.99. The third kappa shape index (κ3) is 4.62. The summed E-state index contributed by atoms with van der Waals surface area (Å²) >= 11 is 5.86. The van der Waals surface area contributed by atoms with Gasteiger partial charge in [0.15, 0.2) is 5.76 Å². The van der Waals surface area contributed by atoms with E-state index in [0.717, 1.165) is 5.56 Å². The van der Waals surface area contributed by atoms with Crippen LogP contribution in [0.25, 0.3) is 11.7 Å². The Hall–Kier alpha value is -3.76. The first-order valence-electron chi connectivity index (χ1n) is 8.97. The van der Waals surface area contributed by atoms with Crippen LogP contribution in [0.2, 0.25) is 5.02 Å². The molecule has 0 unspecified atom stereocenters. The van der Waals surface area contributed by atoms with Crippen LogP contribution in [0, 0.1) is 17.1 Å². The molecule has 0 atom stereocenters. The van der Waals surface area contributed by atoms with Gasteiger partial charge in [-0.3, -0.25) is 0 Å². The third-order valence-corrected chi connectivity index (χ3v) is 4.42. The molecule has 0 saturated carbocycles. The highest BCUT2D eigenvalue weighted by atomic mass is 35.5. The number of ether oxygens (including phenoxy) is 1. The molecule has 6 nitrogen and oxygen atoms in total. The second-order valence-corrected chi connectivity index (χ2v) is 6.73. The third-order valence-electron chi connectivity index (χ3n) is 4.17. The van der Waals surface area contributed by atoms with Crippen molar-refractivity contribution in [1.29, 1.82) is 5.26 Å². The van der Waals surface area contributed by atoms with Crippen LogP contribution < -0.4 is 10.1 Å². The SMILES string of the molecule is N#Cc1nc(-c2ccc(COc3ccc(Cl)cc3)o2)oc1NCc1ccc(F)cc1. The highest BCUT2D eigenvalue weighted by molar-refractivity contribution is 6.30. The van der Waals surface area contributed by atoms with Crippen molar-refractivity contribution in [2.45, 2.75) is 13.2 Å². The van der Waals surface area contributed by atoms with Crippen LogP contribution >= 0.6 is 11.6 Å². The van der Waals surface area contributed by atoms with Crippen LogP contribution in [-0.2, 0) is 13.2 Å². The lowest BCUT2D eigenvalue weighted by atomic mass is 10.2. The molecule has 2 aromatic carbocycles. The molecule has 0 radical (unpaired) electrons. The summed E-state index contributed by atoms with van der Waals surface area (Å²) in [6.45, 7) is 0.561. The maximum Gasteiger partial charge on any atom is 0.266 e. The van der Waals surface area contributed by atoms with Crippen molar-refractivity contribution in [3.8, 4) is 23.5 Å². The summed E-state index contributed by atoms with van der Waals surface area (Å²) in [5.41, 5.74) is 0.931. The zero-order valence-electron chi connectivity index (χ0n) is 15.6. The Kier molecular flexibility index (Phi) is 5.68. The second kappa shape index (κ2) is 8.72. The van der Waals surface area contributed by atoms with E-state index in [1.165, 1.54) is 12.1 Å². The van der Waals surface area contributed by atoms with Crippen LogP contribution in [0.1, 0.15) is 17.0 Å². The number of halogens is 2. The number of nitrogens with one attached hydrogen (secondary N) is 1. The van der Waals surface area contributed by atoms with Crippen LogP contribution in [0.3, 0.4) is 0 Å². The van der Waals surface area contributed by atoms with Crippen LogP contribution in [0.4, 0.5) is 10.3 Å². The number of benzene rings is 2. The highest BCUT2D eigenvalue weighted by Gasteiger charge is 2.17. The summed E-state index contributed by atoms with van der Waals surface area (Å²) < 4.78 is 30.0. The molecule has 0 amide bonds. The molecule has 0 aliphatic carbocycles. The summed E-state index contributed by atoms with van der Waals surface area (Å²) in [5.74, 6) is 1.67. The van der Waals surface area contributed by atoms with E-state index in [9.17, 15) is 9.65 Å². The molecule has 0 saturated heterocycles. The molecule has 0 spiro atoms. The van der Waals surface area contributed by atoms with Gasteiger partial charge in [0.05, 0.1) is 0 Å². The standard InChI is InChI=1S/C22H15ClFN3O3/c23-15-3-7-17(8-4-15)28-13-18-9-10-20(29-18)22-27-19(11-25)21(30-22)26-12-14-1-5-16(24)6-2-14/h1-10,26H,12-13H2.